The Bertz CT molecular complexity index is 684. The number of ether oxygens (including phenoxy) is 2. The summed E-state index contributed by atoms with van der Waals surface area (Å²) in [7, 11) is 1.59. The van der Waals surface area contributed by atoms with E-state index in [0.29, 0.717) is 23.5 Å². The Labute approximate surface area is 136 Å². The van der Waals surface area contributed by atoms with Crippen molar-refractivity contribution in [1.29, 1.82) is 0 Å². The number of methoxy groups -OCH3 is 1. The number of esters is 1. The summed E-state index contributed by atoms with van der Waals surface area (Å²) in [4.78, 5) is 11.2. The minimum absolute atomic E-state index is 0.292. The van der Waals surface area contributed by atoms with E-state index in [-0.39, 0.29) is 5.97 Å². The topological polar surface area (TPSA) is 47.6 Å². The van der Waals surface area contributed by atoms with Crippen molar-refractivity contribution in [3.8, 4) is 11.5 Å². The smallest absolute Gasteiger partial charge is 0.308 e. The van der Waals surface area contributed by atoms with E-state index in [1.807, 2.05) is 24.3 Å². The molecule has 2 aromatic rings. The van der Waals surface area contributed by atoms with Crippen molar-refractivity contribution in [2.75, 3.05) is 13.7 Å². The summed E-state index contributed by atoms with van der Waals surface area (Å²) in [5.41, 5.74) is 2.48. The Morgan fingerprint density at radius 1 is 1.09 bits per heavy atom. The van der Waals surface area contributed by atoms with Crippen LogP contribution in [0.1, 0.15) is 36.4 Å². The van der Waals surface area contributed by atoms with Crippen LogP contribution in [0.25, 0.3) is 0 Å². The van der Waals surface area contributed by atoms with E-state index in [2.05, 4.69) is 29.6 Å². The van der Waals surface area contributed by atoms with Crippen LogP contribution in [0.2, 0.25) is 0 Å². The van der Waals surface area contributed by atoms with E-state index < -0.39 is 0 Å². The normalized spacial score (nSPS) is 20.3. The number of carbonyl (C=O) groups excluding carboxylic acids is 1. The maximum Gasteiger partial charge on any atom is 0.308 e. The minimum atomic E-state index is -0.347. The largest absolute Gasteiger partial charge is 0.493 e. The molecule has 1 aliphatic rings. The summed E-state index contributed by atoms with van der Waals surface area (Å²) in [6.07, 6.45) is 1.07. The third kappa shape index (κ3) is 3.37. The Morgan fingerprint density at radius 2 is 1.87 bits per heavy atom. The van der Waals surface area contributed by atoms with E-state index in [1.54, 1.807) is 7.11 Å². The van der Waals surface area contributed by atoms with Gasteiger partial charge in [0.1, 0.15) is 0 Å². The molecule has 1 aliphatic heterocycles. The molecule has 2 atom stereocenters. The van der Waals surface area contributed by atoms with Crippen LogP contribution >= 0.6 is 0 Å². The third-order valence-electron chi connectivity index (χ3n) is 4.25. The van der Waals surface area contributed by atoms with Crippen molar-refractivity contribution in [3.05, 3.63) is 59.7 Å². The van der Waals surface area contributed by atoms with Crippen LogP contribution < -0.4 is 14.8 Å². The zero-order valence-electron chi connectivity index (χ0n) is 13.4. The fourth-order valence-corrected chi connectivity index (χ4v) is 3.23. The molecule has 1 saturated heterocycles. The Kier molecular flexibility index (Phi) is 4.63. The van der Waals surface area contributed by atoms with Crippen LogP contribution in [-0.2, 0) is 4.79 Å². The van der Waals surface area contributed by atoms with Gasteiger partial charge in [0.2, 0.25) is 0 Å². The van der Waals surface area contributed by atoms with Crippen LogP contribution in [0.5, 0.6) is 11.5 Å². The van der Waals surface area contributed by atoms with Gasteiger partial charge in [-0.3, -0.25) is 4.79 Å². The molecule has 4 heteroatoms. The first kappa shape index (κ1) is 15.6. The maximum atomic E-state index is 11.2. The van der Waals surface area contributed by atoms with Gasteiger partial charge in [0.25, 0.3) is 0 Å². The van der Waals surface area contributed by atoms with Crippen LogP contribution in [0.15, 0.2) is 48.5 Å². The first-order chi connectivity index (χ1) is 11.2. The molecular weight excluding hydrogens is 290 g/mol. The Morgan fingerprint density at radius 3 is 2.57 bits per heavy atom. The maximum absolute atomic E-state index is 11.2. The highest BCUT2D eigenvalue weighted by Gasteiger charge is 2.30. The molecule has 2 aromatic carbocycles. The lowest BCUT2D eigenvalue weighted by atomic mass is 9.88. The van der Waals surface area contributed by atoms with Gasteiger partial charge in [0.05, 0.1) is 7.11 Å². The number of hydrogen-bond donors (Lipinski definition) is 1. The number of rotatable bonds is 4. The second-order valence-electron chi connectivity index (χ2n) is 5.74. The van der Waals surface area contributed by atoms with E-state index in [0.717, 1.165) is 13.0 Å². The van der Waals surface area contributed by atoms with E-state index >= 15 is 0 Å². The van der Waals surface area contributed by atoms with E-state index in [1.165, 1.54) is 18.1 Å². The van der Waals surface area contributed by atoms with Gasteiger partial charge in [-0.1, -0.05) is 36.4 Å². The van der Waals surface area contributed by atoms with Crippen molar-refractivity contribution >= 4 is 5.97 Å². The summed E-state index contributed by atoms with van der Waals surface area (Å²) in [5, 5.41) is 3.58. The highest BCUT2D eigenvalue weighted by molar-refractivity contribution is 5.70. The molecular formula is C19H21NO3. The van der Waals surface area contributed by atoms with Gasteiger partial charge in [0.15, 0.2) is 11.5 Å². The second-order valence-corrected chi connectivity index (χ2v) is 5.74. The second kappa shape index (κ2) is 6.84. The quantitative estimate of drug-likeness (QED) is 0.694. The molecule has 1 fully saturated rings. The number of nitrogens with one attached hydrogen (secondary N) is 1. The van der Waals surface area contributed by atoms with E-state index in [9.17, 15) is 4.79 Å². The lowest BCUT2D eigenvalue weighted by Crippen LogP contribution is -2.17. The van der Waals surface area contributed by atoms with E-state index in [4.69, 9.17) is 9.47 Å². The molecule has 1 heterocycles. The summed E-state index contributed by atoms with van der Waals surface area (Å²) in [5.74, 6) is 1.08. The van der Waals surface area contributed by atoms with Crippen molar-refractivity contribution in [2.24, 2.45) is 0 Å². The molecule has 120 valence electrons. The molecule has 0 aromatic heterocycles. The van der Waals surface area contributed by atoms with Crippen molar-refractivity contribution in [2.45, 2.75) is 25.3 Å². The molecule has 0 amide bonds. The minimum Gasteiger partial charge on any atom is -0.493 e. The monoisotopic (exact) mass is 311 g/mol. The average molecular weight is 311 g/mol. The molecule has 23 heavy (non-hydrogen) atoms. The Hall–Kier alpha value is -2.33. The highest BCUT2D eigenvalue weighted by atomic mass is 16.6. The summed E-state index contributed by atoms with van der Waals surface area (Å²) >= 11 is 0. The molecule has 0 aliphatic carbocycles. The molecule has 3 rings (SSSR count). The molecule has 0 bridgehead atoms. The van der Waals surface area contributed by atoms with Crippen LogP contribution in [0.3, 0.4) is 0 Å². The third-order valence-corrected chi connectivity index (χ3v) is 4.25. The van der Waals surface area contributed by atoms with Crippen molar-refractivity contribution in [3.63, 3.8) is 0 Å². The van der Waals surface area contributed by atoms with Crippen LogP contribution in [0.4, 0.5) is 0 Å². The SMILES string of the molecule is COc1cc([C@@H]2CCN[C@@H]2c2ccccc2)ccc1OC(C)=O. The summed E-state index contributed by atoms with van der Waals surface area (Å²) in [6, 6.07) is 16.6. The van der Waals surface area contributed by atoms with Gasteiger partial charge in [-0.25, -0.2) is 0 Å². The lowest BCUT2D eigenvalue weighted by Gasteiger charge is -2.21. The standard InChI is InChI=1S/C19H21NO3/c1-13(21)23-17-9-8-15(12-18(17)22-2)16-10-11-20-19(16)14-6-4-3-5-7-14/h3-9,12,16,19-20H,10-11H2,1-2H3/t16-,19+/m0/s1. The number of carbonyl (C=O) groups is 1. The fraction of sp³-hybridized carbons (Fsp3) is 0.316. The first-order valence-corrected chi connectivity index (χ1v) is 7.83. The fourth-order valence-electron chi connectivity index (χ4n) is 3.23. The van der Waals surface area contributed by atoms with Crippen molar-refractivity contribution in [1.82, 2.24) is 5.32 Å². The lowest BCUT2D eigenvalue weighted by molar-refractivity contribution is -0.132. The zero-order chi connectivity index (χ0) is 16.2. The van der Waals surface area contributed by atoms with Crippen LogP contribution in [-0.4, -0.2) is 19.6 Å². The molecule has 0 spiro atoms. The zero-order valence-corrected chi connectivity index (χ0v) is 13.4. The molecule has 4 nitrogen and oxygen atoms in total. The van der Waals surface area contributed by atoms with Gasteiger partial charge < -0.3 is 14.8 Å². The molecule has 1 N–H and O–H groups in total. The summed E-state index contributed by atoms with van der Waals surface area (Å²) < 4.78 is 10.6. The van der Waals surface area contributed by atoms with Gasteiger partial charge in [-0.2, -0.15) is 0 Å². The number of benzene rings is 2. The number of hydrogen-bond acceptors (Lipinski definition) is 4. The van der Waals surface area contributed by atoms with Gasteiger partial charge in [-0.05, 0) is 36.2 Å². The predicted molar refractivity (Wildman–Crippen MR) is 88.8 cm³/mol. The predicted octanol–water partition coefficient (Wildman–Crippen LogP) is 3.44. The van der Waals surface area contributed by atoms with Crippen molar-refractivity contribution < 1.29 is 14.3 Å². The van der Waals surface area contributed by atoms with Crippen LogP contribution in [0, 0.1) is 0 Å². The summed E-state index contributed by atoms with van der Waals surface area (Å²) in [6.45, 7) is 2.37. The van der Waals surface area contributed by atoms with Gasteiger partial charge in [-0.15, -0.1) is 0 Å². The Balaban J connectivity index is 1.90. The molecule has 0 radical (unpaired) electrons. The molecule has 0 unspecified atom stereocenters. The average Bonchev–Trinajstić information content (AvgIpc) is 3.05. The molecule has 0 saturated carbocycles. The van der Waals surface area contributed by atoms with Gasteiger partial charge >= 0.3 is 5.97 Å². The first-order valence-electron chi connectivity index (χ1n) is 7.83. The highest BCUT2D eigenvalue weighted by Crippen LogP contribution is 2.40. The van der Waals surface area contributed by atoms with Gasteiger partial charge in [0, 0.05) is 18.9 Å².